The summed E-state index contributed by atoms with van der Waals surface area (Å²) >= 11 is 0. The number of benzene rings is 1. The fraction of sp³-hybridized carbons (Fsp3) is 0.533. The lowest BCUT2D eigenvalue weighted by atomic mass is 9.90. The van der Waals surface area contributed by atoms with Crippen molar-refractivity contribution in [3.63, 3.8) is 0 Å². The third kappa shape index (κ3) is 4.68. The van der Waals surface area contributed by atoms with E-state index in [0.29, 0.717) is 12.2 Å². The first-order chi connectivity index (χ1) is 8.17. The first-order valence-corrected chi connectivity index (χ1v) is 6.44. The van der Waals surface area contributed by atoms with Gasteiger partial charge in [-0.3, -0.25) is 4.79 Å². The van der Waals surface area contributed by atoms with Gasteiger partial charge in [0.15, 0.2) is 0 Å². The molecule has 0 radical (unpaired) electrons. The highest BCUT2D eigenvalue weighted by molar-refractivity contribution is 5.83. The highest BCUT2D eigenvalue weighted by atomic mass is 19.1. The number of carbonyl (C=O) groups excluding carboxylic acids is 1. The van der Waals surface area contributed by atoms with Crippen LogP contribution in [0.15, 0.2) is 24.3 Å². The number of Topliss-reactive ketones (excluding diaryl/α,β-unsaturated/α-hetero) is 1. The topological polar surface area (TPSA) is 17.1 Å². The molecule has 0 aliphatic rings. The monoisotopic (exact) mass is 236 g/mol. The van der Waals surface area contributed by atoms with Gasteiger partial charge in [0.1, 0.15) is 11.6 Å². The highest BCUT2D eigenvalue weighted by Gasteiger charge is 2.16. The summed E-state index contributed by atoms with van der Waals surface area (Å²) in [5, 5.41) is 0. The van der Waals surface area contributed by atoms with E-state index in [4.69, 9.17) is 0 Å². The zero-order chi connectivity index (χ0) is 12.7. The number of hydrogen-bond acceptors (Lipinski definition) is 1. The Bertz CT molecular complexity index is 336. The Labute approximate surface area is 103 Å². The Morgan fingerprint density at radius 3 is 2.12 bits per heavy atom. The fourth-order valence-corrected chi connectivity index (χ4v) is 2.11. The lowest BCUT2D eigenvalue weighted by Gasteiger charge is -2.13. The van der Waals surface area contributed by atoms with Crippen LogP contribution in [0, 0.1) is 11.7 Å². The molecule has 0 amide bonds. The number of rotatable bonds is 7. The van der Waals surface area contributed by atoms with Crippen LogP contribution < -0.4 is 0 Å². The number of ketones is 1. The van der Waals surface area contributed by atoms with E-state index in [1.165, 1.54) is 12.1 Å². The SMILES string of the molecule is CCCC(CCC)C(=O)Cc1ccc(F)cc1. The van der Waals surface area contributed by atoms with Gasteiger partial charge in [-0.05, 0) is 30.5 Å². The molecule has 0 bridgehead atoms. The Balaban J connectivity index is 2.59. The van der Waals surface area contributed by atoms with Crippen LogP contribution in [0.2, 0.25) is 0 Å². The van der Waals surface area contributed by atoms with Crippen LogP contribution >= 0.6 is 0 Å². The Morgan fingerprint density at radius 2 is 1.65 bits per heavy atom. The molecule has 0 spiro atoms. The van der Waals surface area contributed by atoms with Gasteiger partial charge in [-0.25, -0.2) is 4.39 Å². The molecule has 1 nitrogen and oxygen atoms in total. The van der Waals surface area contributed by atoms with Crippen molar-refractivity contribution in [1.82, 2.24) is 0 Å². The van der Waals surface area contributed by atoms with Crippen molar-refractivity contribution in [2.75, 3.05) is 0 Å². The van der Waals surface area contributed by atoms with Crippen molar-refractivity contribution in [3.8, 4) is 0 Å². The maximum absolute atomic E-state index is 12.7. The van der Waals surface area contributed by atoms with E-state index in [9.17, 15) is 9.18 Å². The second-order valence-corrected chi connectivity index (χ2v) is 4.54. The van der Waals surface area contributed by atoms with Crippen molar-refractivity contribution in [3.05, 3.63) is 35.6 Å². The second-order valence-electron chi connectivity index (χ2n) is 4.54. The van der Waals surface area contributed by atoms with Gasteiger partial charge < -0.3 is 0 Å². The molecule has 1 aromatic rings. The van der Waals surface area contributed by atoms with E-state index >= 15 is 0 Å². The summed E-state index contributed by atoms with van der Waals surface area (Å²) in [4.78, 5) is 12.1. The van der Waals surface area contributed by atoms with Gasteiger partial charge in [0.05, 0.1) is 0 Å². The molecule has 0 saturated heterocycles. The van der Waals surface area contributed by atoms with Crippen LogP contribution in [0.3, 0.4) is 0 Å². The van der Waals surface area contributed by atoms with E-state index in [-0.39, 0.29) is 11.7 Å². The molecule has 1 rings (SSSR count). The minimum Gasteiger partial charge on any atom is -0.299 e. The lowest BCUT2D eigenvalue weighted by Crippen LogP contribution is -2.16. The normalized spacial score (nSPS) is 10.8. The van der Waals surface area contributed by atoms with Gasteiger partial charge in [-0.1, -0.05) is 38.8 Å². The zero-order valence-corrected chi connectivity index (χ0v) is 10.7. The van der Waals surface area contributed by atoms with Gasteiger partial charge in [0.25, 0.3) is 0 Å². The Morgan fingerprint density at radius 1 is 1.12 bits per heavy atom. The molecule has 0 saturated carbocycles. The molecule has 0 N–H and O–H groups in total. The minimum absolute atomic E-state index is 0.176. The largest absolute Gasteiger partial charge is 0.299 e. The van der Waals surface area contributed by atoms with Gasteiger partial charge in [0, 0.05) is 12.3 Å². The first kappa shape index (κ1) is 13.9. The summed E-state index contributed by atoms with van der Waals surface area (Å²) < 4.78 is 12.7. The van der Waals surface area contributed by atoms with E-state index in [1.54, 1.807) is 12.1 Å². The maximum Gasteiger partial charge on any atom is 0.140 e. The quantitative estimate of drug-likeness (QED) is 0.695. The average molecular weight is 236 g/mol. The molecule has 0 aliphatic carbocycles. The maximum atomic E-state index is 12.7. The van der Waals surface area contributed by atoms with Crippen molar-refractivity contribution >= 4 is 5.78 Å². The van der Waals surface area contributed by atoms with E-state index in [1.807, 2.05) is 0 Å². The zero-order valence-electron chi connectivity index (χ0n) is 10.7. The third-order valence-corrected chi connectivity index (χ3v) is 3.02. The molecule has 0 fully saturated rings. The Kier molecular flexibility index (Phi) is 5.88. The van der Waals surface area contributed by atoms with Gasteiger partial charge >= 0.3 is 0 Å². The fourth-order valence-electron chi connectivity index (χ4n) is 2.11. The van der Waals surface area contributed by atoms with Crippen molar-refractivity contribution in [1.29, 1.82) is 0 Å². The molecular weight excluding hydrogens is 215 g/mol. The average Bonchev–Trinajstić information content (AvgIpc) is 2.32. The summed E-state index contributed by atoms with van der Waals surface area (Å²) in [5.41, 5.74) is 0.911. The summed E-state index contributed by atoms with van der Waals surface area (Å²) in [6.45, 7) is 4.21. The molecule has 0 aliphatic heterocycles. The molecule has 0 unspecified atom stereocenters. The van der Waals surface area contributed by atoms with E-state index in [2.05, 4.69) is 13.8 Å². The second kappa shape index (κ2) is 7.21. The van der Waals surface area contributed by atoms with Gasteiger partial charge in [0.2, 0.25) is 0 Å². The van der Waals surface area contributed by atoms with E-state index < -0.39 is 0 Å². The minimum atomic E-state index is -0.250. The molecule has 0 heterocycles. The lowest BCUT2D eigenvalue weighted by molar-refractivity contribution is -0.122. The third-order valence-electron chi connectivity index (χ3n) is 3.02. The number of carbonyl (C=O) groups is 1. The molecule has 0 aromatic heterocycles. The van der Waals surface area contributed by atoms with Crippen molar-refractivity contribution < 1.29 is 9.18 Å². The molecular formula is C15H21FO. The van der Waals surface area contributed by atoms with Gasteiger partial charge in [-0.15, -0.1) is 0 Å². The van der Waals surface area contributed by atoms with Crippen LogP contribution in [0.25, 0.3) is 0 Å². The standard InChI is InChI=1S/C15H21FO/c1-3-5-13(6-4-2)15(17)11-12-7-9-14(16)10-8-12/h7-10,13H,3-6,11H2,1-2H3. The molecule has 1 aromatic carbocycles. The summed E-state index contributed by atoms with van der Waals surface area (Å²) in [5.74, 6) is 0.218. The van der Waals surface area contributed by atoms with Crippen molar-refractivity contribution in [2.24, 2.45) is 5.92 Å². The number of halogens is 1. The molecule has 2 heteroatoms. The summed E-state index contributed by atoms with van der Waals surface area (Å²) in [6, 6.07) is 6.22. The van der Waals surface area contributed by atoms with Crippen LogP contribution in [0.1, 0.15) is 45.1 Å². The van der Waals surface area contributed by atoms with Crippen LogP contribution in [0.5, 0.6) is 0 Å². The molecule has 17 heavy (non-hydrogen) atoms. The van der Waals surface area contributed by atoms with Gasteiger partial charge in [-0.2, -0.15) is 0 Å². The van der Waals surface area contributed by atoms with Crippen LogP contribution in [0.4, 0.5) is 4.39 Å². The van der Waals surface area contributed by atoms with Crippen LogP contribution in [-0.4, -0.2) is 5.78 Å². The van der Waals surface area contributed by atoms with Crippen LogP contribution in [-0.2, 0) is 11.2 Å². The molecule has 0 atom stereocenters. The Hall–Kier alpha value is -1.18. The summed E-state index contributed by atoms with van der Waals surface area (Å²) in [6.07, 6.45) is 4.45. The summed E-state index contributed by atoms with van der Waals surface area (Å²) in [7, 11) is 0. The van der Waals surface area contributed by atoms with E-state index in [0.717, 1.165) is 31.2 Å². The predicted molar refractivity (Wildman–Crippen MR) is 68.4 cm³/mol. The smallest absolute Gasteiger partial charge is 0.140 e. The number of hydrogen-bond donors (Lipinski definition) is 0. The first-order valence-electron chi connectivity index (χ1n) is 6.44. The molecule has 94 valence electrons. The highest BCUT2D eigenvalue weighted by Crippen LogP contribution is 2.17. The van der Waals surface area contributed by atoms with Crippen molar-refractivity contribution in [2.45, 2.75) is 46.0 Å². The predicted octanol–water partition coefficient (Wildman–Crippen LogP) is 4.15.